The first-order chi connectivity index (χ1) is 10.2. The molecule has 0 bridgehead atoms. The normalized spacial score (nSPS) is 12.8. The summed E-state index contributed by atoms with van der Waals surface area (Å²) in [5, 5.41) is 3.17. The van der Waals surface area contributed by atoms with E-state index in [-0.39, 0.29) is 0 Å². The zero-order valence-electron chi connectivity index (χ0n) is 11.3. The molecule has 2 heterocycles. The summed E-state index contributed by atoms with van der Waals surface area (Å²) in [6, 6.07) is 9.17. The highest BCUT2D eigenvalue weighted by Crippen LogP contribution is 2.30. The van der Waals surface area contributed by atoms with Crippen LogP contribution in [0.3, 0.4) is 0 Å². The second-order valence-corrected chi connectivity index (χ2v) is 4.63. The van der Waals surface area contributed by atoms with Crippen LogP contribution in [0, 0.1) is 0 Å². The van der Waals surface area contributed by atoms with Crippen molar-refractivity contribution >= 4 is 11.7 Å². The molecule has 3 N–H and O–H groups in total. The summed E-state index contributed by atoms with van der Waals surface area (Å²) in [7, 11) is 0. The quantitative estimate of drug-likeness (QED) is 0.890. The second kappa shape index (κ2) is 5.70. The number of hydrogen-bond acceptors (Lipinski definition) is 5. The van der Waals surface area contributed by atoms with E-state index in [2.05, 4.69) is 10.3 Å². The zero-order valence-corrected chi connectivity index (χ0v) is 11.3. The molecule has 1 amide bonds. The van der Waals surface area contributed by atoms with Crippen LogP contribution in [-0.2, 0) is 6.54 Å². The average Bonchev–Trinajstić information content (AvgIpc) is 2.53. The number of carbonyl (C=O) groups is 1. The van der Waals surface area contributed by atoms with Crippen LogP contribution in [0.1, 0.15) is 15.9 Å². The van der Waals surface area contributed by atoms with Gasteiger partial charge in [-0.25, -0.2) is 4.98 Å². The second-order valence-electron chi connectivity index (χ2n) is 4.63. The number of nitrogens with zero attached hydrogens (tertiary/aromatic N) is 1. The van der Waals surface area contributed by atoms with Gasteiger partial charge in [-0.05, 0) is 29.8 Å². The van der Waals surface area contributed by atoms with E-state index in [1.165, 1.54) is 6.20 Å². The maximum Gasteiger partial charge on any atom is 0.250 e. The van der Waals surface area contributed by atoms with Crippen LogP contribution in [0.2, 0.25) is 0 Å². The minimum Gasteiger partial charge on any atom is -0.486 e. The summed E-state index contributed by atoms with van der Waals surface area (Å²) < 4.78 is 11.0. The number of aromatic nitrogens is 1. The van der Waals surface area contributed by atoms with Crippen molar-refractivity contribution in [2.24, 2.45) is 5.73 Å². The fraction of sp³-hybridized carbons (Fsp3) is 0.200. The molecule has 0 unspecified atom stereocenters. The van der Waals surface area contributed by atoms with Gasteiger partial charge in [0.2, 0.25) is 5.91 Å². The maximum absolute atomic E-state index is 11.0. The molecule has 6 heteroatoms. The van der Waals surface area contributed by atoms with Crippen molar-refractivity contribution in [2.45, 2.75) is 6.54 Å². The van der Waals surface area contributed by atoms with E-state index >= 15 is 0 Å². The number of rotatable bonds is 4. The van der Waals surface area contributed by atoms with Crippen LogP contribution in [0.5, 0.6) is 11.5 Å². The predicted octanol–water partition coefficient (Wildman–Crippen LogP) is 1.56. The van der Waals surface area contributed by atoms with Gasteiger partial charge in [0.25, 0.3) is 0 Å². The van der Waals surface area contributed by atoms with Crippen molar-refractivity contribution < 1.29 is 14.3 Å². The van der Waals surface area contributed by atoms with Crippen molar-refractivity contribution in [1.82, 2.24) is 4.98 Å². The number of anilines is 1. The molecule has 6 nitrogen and oxygen atoms in total. The Balaban J connectivity index is 1.65. The van der Waals surface area contributed by atoms with E-state index in [1.807, 2.05) is 18.2 Å². The van der Waals surface area contributed by atoms with Crippen molar-refractivity contribution in [3.63, 3.8) is 0 Å². The molecule has 0 spiro atoms. The number of nitrogens with two attached hydrogens (primary N) is 1. The van der Waals surface area contributed by atoms with Crippen LogP contribution < -0.4 is 20.5 Å². The predicted molar refractivity (Wildman–Crippen MR) is 77.5 cm³/mol. The van der Waals surface area contributed by atoms with Gasteiger partial charge in [0, 0.05) is 12.7 Å². The first-order valence-electron chi connectivity index (χ1n) is 6.60. The van der Waals surface area contributed by atoms with Crippen LogP contribution in [0.15, 0.2) is 36.5 Å². The lowest BCUT2D eigenvalue weighted by Crippen LogP contribution is -2.15. The van der Waals surface area contributed by atoms with E-state index in [0.717, 1.165) is 17.1 Å². The molecule has 2 aromatic rings. The molecule has 0 saturated heterocycles. The van der Waals surface area contributed by atoms with E-state index in [1.54, 1.807) is 12.1 Å². The third-order valence-corrected chi connectivity index (χ3v) is 3.13. The molecule has 108 valence electrons. The topological polar surface area (TPSA) is 86.5 Å². The first-order valence-corrected chi connectivity index (χ1v) is 6.60. The molecular weight excluding hydrogens is 270 g/mol. The standard InChI is InChI=1S/C15H15N3O3/c16-15(19)11-2-4-14(18-9-11)17-8-10-1-3-12-13(7-10)21-6-5-20-12/h1-4,7,9H,5-6,8H2,(H2,16,19)(H,17,18). The van der Waals surface area contributed by atoms with Gasteiger partial charge in [0.05, 0.1) is 5.56 Å². The molecule has 1 aromatic carbocycles. The molecule has 0 fully saturated rings. The molecular formula is C15H15N3O3. The minimum absolute atomic E-state index is 0.389. The number of carbonyl (C=O) groups excluding carboxylic acids is 1. The third-order valence-electron chi connectivity index (χ3n) is 3.13. The maximum atomic E-state index is 11.0. The number of primary amides is 1. The van der Waals surface area contributed by atoms with E-state index in [0.29, 0.717) is 31.1 Å². The van der Waals surface area contributed by atoms with Gasteiger partial charge in [-0.3, -0.25) is 4.79 Å². The molecule has 1 aliphatic heterocycles. The highest BCUT2D eigenvalue weighted by molar-refractivity contribution is 5.92. The summed E-state index contributed by atoms with van der Waals surface area (Å²) in [4.78, 5) is 15.1. The third kappa shape index (κ3) is 3.05. The average molecular weight is 285 g/mol. The van der Waals surface area contributed by atoms with Crippen molar-refractivity contribution in [1.29, 1.82) is 0 Å². The first kappa shape index (κ1) is 13.2. The lowest BCUT2D eigenvalue weighted by Gasteiger charge is -2.19. The lowest BCUT2D eigenvalue weighted by molar-refractivity contribution is 0.1000. The fourth-order valence-corrected chi connectivity index (χ4v) is 2.03. The number of amides is 1. The highest BCUT2D eigenvalue weighted by Gasteiger charge is 2.11. The van der Waals surface area contributed by atoms with Gasteiger partial charge < -0.3 is 20.5 Å². The Morgan fingerprint density at radius 3 is 2.71 bits per heavy atom. The van der Waals surface area contributed by atoms with Gasteiger partial charge in [0.1, 0.15) is 19.0 Å². The molecule has 0 atom stereocenters. The molecule has 3 rings (SSSR count). The van der Waals surface area contributed by atoms with Crippen molar-refractivity contribution in [3.8, 4) is 11.5 Å². The van der Waals surface area contributed by atoms with Gasteiger partial charge in [-0.2, -0.15) is 0 Å². The highest BCUT2D eigenvalue weighted by atomic mass is 16.6. The summed E-state index contributed by atoms with van der Waals surface area (Å²) >= 11 is 0. The van der Waals surface area contributed by atoms with Crippen LogP contribution in [0.25, 0.3) is 0 Å². The van der Waals surface area contributed by atoms with E-state index in [4.69, 9.17) is 15.2 Å². The van der Waals surface area contributed by atoms with Crippen LogP contribution in [-0.4, -0.2) is 24.1 Å². The Hall–Kier alpha value is -2.76. The summed E-state index contributed by atoms with van der Waals surface area (Å²) in [6.45, 7) is 1.75. The Morgan fingerprint density at radius 2 is 2.00 bits per heavy atom. The lowest BCUT2D eigenvalue weighted by atomic mass is 10.2. The molecule has 0 radical (unpaired) electrons. The van der Waals surface area contributed by atoms with Gasteiger partial charge >= 0.3 is 0 Å². The van der Waals surface area contributed by atoms with Gasteiger partial charge in [0.15, 0.2) is 11.5 Å². The number of nitrogens with one attached hydrogen (secondary N) is 1. The number of benzene rings is 1. The Kier molecular flexibility index (Phi) is 3.59. The van der Waals surface area contributed by atoms with Gasteiger partial charge in [-0.1, -0.05) is 6.07 Å². The molecule has 1 aromatic heterocycles. The fourth-order valence-electron chi connectivity index (χ4n) is 2.03. The van der Waals surface area contributed by atoms with E-state index < -0.39 is 5.91 Å². The Morgan fingerprint density at radius 1 is 1.19 bits per heavy atom. The zero-order chi connectivity index (χ0) is 14.7. The molecule has 1 aliphatic rings. The number of ether oxygens (including phenoxy) is 2. The minimum atomic E-state index is -0.485. The SMILES string of the molecule is NC(=O)c1ccc(NCc2ccc3c(c2)OCCO3)nc1. The monoisotopic (exact) mass is 285 g/mol. The number of pyridine rings is 1. The Labute approximate surface area is 121 Å². The number of hydrogen-bond donors (Lipinski definition) is 2. The molecule has 0 saturated carbocycles. The summed E-state index contributed by atoms with van der Waals surface area (Å²) in [5.41, 5.74) is 6.61. The van der Waals surface area contributed by atoms with E-state index in [9.17, 15) is 4.79 Å². The molecule has 21 heavy (non-hydrogen) atoms. The summed E-state index contributed by atoms with van der Waals surface area (Å²) in [5.74, 6) is 1.72. The van der Waals surface area contributed by atoms with Crippen LogP contribution in [0.4, 0.5) is 5.82 Å². The van der Waals surface area contributed by atoms with Crippen molar-refractivity contribution in [2.75, 3.05) is 18.5 Å². The number of fused-ring (bicyclic) bond motifs is 1. The largest absolute Gasteiger partial charge is 0.486 e. The smallest absolute Gasteiger partial charge is 0.250 e. The summed E-state index contributed by atoms with van der Waals surface area (Å²) in [6.07, 6.45) is 1.45. The van der Waals surface area contributed by atoms with Crippen LogP contribution >= 0.6 is 0 Å². The Bertz CT molecular complexity index is 656. The van der Waals surface area contributed by atoms with Crippen molar-refractivity contribution in [3.05, 3.63) is 47.7 Å². The molecule has 0 aliphatic carbocycles. The van der Waals surface area contributed by atoms with Gasteiger partial charge in [-0.15, -0.1) is 0 Å².